The Hall–Kier alpha value is -1.33. The van der Waals surface area contributed by atoms with Gasteiger partial charge in [0.2, 0.25) is 0 Å². The molecule has 21 heavy (non-hydrogen) atoms. The molecule has 0 amide bonds. The highest BCUT2D eigenvalue weighted by Gasteiger charge is 2.25. The predicted molar refractivity (Wildman–Crippen MR) is 85.2 cm³/mol. The van der Waals surface area contributed by atoms with E-state index in [9.17, 15) is 4.39 Å². The largest absolute Gasteiger partial charge is 0.329 e. The highest BCUT2D eigenvalue weighted by atomic mass is 32.2. The second-order valence-electron chi connectivity index (χ2n) is 6.08. The van der Waals surface area contributed by atoms with E-state index in [0.717, 1.165) is 21.2 Å². The van der Waals surface area contributed by atoms with Gasteiger partial charge in [-0.15, -0.1) is 0 Å². The second kappa shape index (κ2) is 6.20. The Labute approximate surface area is 129 Å². The van der Waals surface area contributed by atoms with E-state index < -0.39 is 0 Å². The third-order valence-electron chi connectivity index (χ3n) is 3.24. The van der Waals surface area contributed by atoms with Gasteiger partial charge in [-0.05, 0) is 31.2 Å². The quantitative estimate of drug-likeness (QED) is 0.936. The summed E-state index contributed by atoms with van der Waals surface area (Å²) in [6.07, 6.45) is 0. The van der Waals surface area contributed by atoms with E-state index in [0.29, 0.717) is 13.1 Å². The summed E-state index contributed by atoms with van der Waals surface area (Å²) >= 11 is 1.63. The fraction of sp³-hybridized carbons (Fsp3) is 0.438. The molecule has 114 valence electrons. The van der Waals surface area contributed by atoms with E-state index in [1.54, 1.807) is 23.9 Å². The Morgan fingerprint density at radius 2 is 1.86 bits per heavy atom. The Morgan fingerprint density at radius 1 is 1.24 bits per heavy atom. The van der Waals surface area contributed by atoms with Gasteiger partial charge < -0.3 is 5.73 Å². The number of hydrogen-bond donors (Lipinski definition) is 1. The van der Waals surface area contributed by atoms with Crippen molar-refractivity contribution in [3.8, 4) is 0 Å². The van der Waals surface area contributed by atoms with Crippen LogP contribution in [0.5, 0.6) is 0 Å². The van der Waals surface area contributed by atoms with E-state index in [4.69, 9.17) is 10.8 Å². The van der Waals surface area contributed by atoms with Crippen molar-refractivity contribution in [1.29, 1.82) is 0 Å². The molecular formula is C16H22FN3S. The molecule has 0 aliphatic carbocycles. The van der Waals surface area contributed by atoms with Crippen molar-refractivity contribution in [2.45, 2.75) is 49.4 Å². The molecule has 0 aliphatic rings. The first-order valence-corrected chi connectivity index (χ1v) is 7.86. The topological polar surface area (TPSA) is 43.8 Å². The Balaban J connectivity index is 2.42. The molecule has 0 fully saturated rings. The molecule has 0 radical (unpaired) electrons. The summed E-state index contributed by atoms with van der Waals surface area (Å²) in [5.41, 5.74) is 7.78. The summed E-state index contributed by atoms with van der Waals surface area (Å²) in [6, 6.07) is 6.57. The first kappa shape index (κ1) is 16.0. The standard InChI is InChI=1S/C16H22FN3S/c1-11-14(21-13-7-5-12(17)6-8-13)15(16(2,3)4)19-20(11)10-9-18/h5-8H,9-10,18H2,1-4H3. The Morgan fingerprint density at radius 3 is 2.38 bits per heavy atom. The van der Waals surface area contributed by atoms with Crippen LogP contribution in [0.25, 0.3) is 0 Å². The summed E-state index contributed by atoms with van der Waals surface area (Å²) in [5.74, 6) is -0.217. The number of aromatic nitrogens is 2. The summed E-state index contributed by atoms with van der Waals surface area (Å²) < 4.78 is 15.0. The molecular weight excluding hydrogens is 285 g/mol. The maximum atomic E-state index is 13.0. The zero-order valence-corrected chi connectivity index (χ0v) is 13.8. The van der Waals surface area contributed by atoms with Gasteiger partial charge in [0.15, 0.2) is 0 Å². The van der Waals surface area contributed by atoms with Gasteiger partial charge in [-0.2, -0.15) is 5.10 Å². The molecule has 2 aromatic rings. The van der Waals surface area contributed by atoms with E-state index in [-0.39, 0.29) is 11.2 Å². The lowest BCUT2D eigenvalue weighted by Gasteiger charge is -2.17. The van der Waals surface area contributed by atoms with Crippen molar-refractivity contribution in [3.05, 3.63) is 41.5 Å². The lowest BCUT2D eigenvalue weighted by atomic mass is 9.92. The summed E-state index contributed by atoms with van der Waals surface area (Å²) in [6.45, 7) is 9.78. The predicted octanol–water partition coefficient (Wildman–Crippen LogP) is 3.74. The van der Waals surface area contributed by atoms with Crippen molar-refractivity contribution < 1.29 is 4.39 Å². The normalized spacial score (nSPS) is 11.9. The molecule has 0 saturated heterocycles. The van der Waals surface area contributed by atoms with Gasteiger partial charge in [0.25, 0.3) is 0 Å². The number of benzene rings is 1. The Bertz CT molecular complexity index is 612. The SMILES string of the molecule is Cc1c(Sc2ccc(F)cc2)c(C(C)(C)C)nn1CCN. The van der Waals surface area contributed by atoms with Gasteiger partial charge in [0.05, 0.1) is 17.1 Å². The van der Waals surface area contributed by atoms with Crippen LogP contribution in [0.15, 0.2) is 34.1 Å². The van der Waals surface area contributed by atoms with Crippen LogP contribution < -0.4 is 5.73 Å². The molecule has 0 bridgehead atoms. The second-order valence-corrected chi connectivity index (χ2v) is 7.16. The summed E-state index contributed by atoms with van der Waals surface area (Å²) in [4.78, 5) is 2.15. The zero-order chi connectivity index (χ0) is 15.6. The van der Waals surface area contributed by atoms with E-state index >= 15 is 0 Å². The van der Waals surface area contributed by atoms with Crippen molar-refractivity contribution in [3.63, 3.8) is 0 Å². The van der Waals surface area contributed by atoms with Crippen molar-refractivity contribution in [2.75, 3.05) is 6.54 Å². The molecule has 2 rings (SSSR count). The maximum Gasteiger partial charge on any atom is 0.123 e. The molecule has 0 aliphatic heterocycles. The monoisotopic (exact) mass is 307 g/mol. The first-order valence-electron chi connectivity index (χ1n) is 7.04. The van der Waals surface area contributed by atoms with Crippen LogP contribution in [0.4, 0.5) is 4.39 Å². The van der Waals surface area contributed by atoms with Crippen LogP contribution in [-0.4, -0.2) is 16.3 Å². The number of nitrogens with two attached hydrogens (primary N) is 1. The molecule has 2 N–H and O–H groups in total. The van der Waals surface area contributed by atoms with E-state index in [1.807, 2.05) is 4.68 Å². The van der Waals surface area contributed by atoms with Gasteiger partial charge in [0.1, 0.15) is 5.82 Å². The van der Waals surface area contributed by atoms with Gasteiger partial charge in [-0.1, -0.05) is 32.5 Å². The number of hydrogen-bond acceptors (Lipinski definition) is 3. The molecule has 1 aromatic carbocycles. The molecule has 0 saturated carbocycles. The molecule has 0 unspecified atom stereocenters. The van der Waals surface area contributed by atoms with Crippen LogP contribution >= 0.6 is 11.8 Å². The lowest BCUT2D eigenvalue weighted by molar-refractivity contribution is 0.527. The zero-order valence-electron chi connectivity index (χ0n) is 13.0. The van der Waals surface area contributed by atoms with Crippen LogP contribution in [0.3, 0.4) is 0 Å². The van der Waals surface area contributed by atoms with Crippen molar-refractivity contribution in [1.82, 2.24) is 9.78 Å². The highest BCUT2D eigenvalue weighted by Crippen LogP contribution is 2.38. The minimum Gasteiger partial charge on any atom is -0.329 e. The molecule has 0 spiro atoms. The molecule has 3 nitrogen and oxygen atoms in total. The maximum absolute atomic E-state index is 13.0. The molecule has 5 heteroatoms. The minimum absolute atomic E-state index is 0.0486. The van der Waals surface area contributed by atoms with Crippen molar-refractivity contribution >= 4 is 11.8 Å². The lowest BCUT2D eigenvalue weighted by Crippen LogP contribution is -2.16. The number of rotatable bonds is 4. The van der Waals surface area contributed by atoms with Crippen LogP contribution in [0.2, 0.25) is 0 Å². The minimum atomic E-state index is -0.217. The van der Waals surface area contributed by atoms with Gasteiger partial charge in [-0.3, -0.25) is 4.68 Å². The molecule has 0 atom stereocenters. The van der Waals surface area contributed by atoms with Gasteiger partial charge >= 0.3 is 0 Å². The van der Waals surface area contributed by atoms with Crippen LogP contribution in [-0.2, 0) is 12.0 Å². The average Bonchev–Trinajstić information content (AvgIpc) is 2.71. The number of nitrogens with zero attached hydrogens (tertiary/aromatic N) is 2. The fourth-order valence-corrected chi connectivity index (χ4v) is 3.31. The van der Waals surface area contributed by atoms with Gasteiger partial charge in [-0.25, -0.2) is 4.39 Å². The van der Waals surface area contributed by atoms with E-state index in [2.05, 4.69) is 27.7 Å². The molecule has 1 aromatic heterocycles. The number of halogens is 1. The Kier molecular flexibility index (Phi) is 4.74. The first-order chi connectivity index (χ1) is 9.82. The smallest absolute Gasteiger partial charge is 0.123 e. The van der Waals surface area contributed by atoms with Crippen LogP contribution in [0.1, 0.15) is 32.2 Å². The highest BCUT2D eigenvalue weighted by molar-refractivity contribution is 7.99. The molecule has 1 heterocycles. The van der Waals surface area contributed by atoms with E-state index in [1.165, 1.54) is 12.1 Å². The van der Waals surface area contributed by atoms with Crippen molar-refractivity contribution in [2.24, 2.45) is 5.73 Å². The fourth-order valence-electron chi connectivity index (χ4n) is 2.10. The third kappa shape index (κ3) is 3.66. The summed E-state index contributed by atoms with van der Waals surface area (Å²) in [5, 5.41) is 4.73. The van der Waals surface area contributed by atoms with Crippen LogP contribution in [0, 0.1) is 12.7 Å². The van der Waals surface area contributed by atoms with Gasteiger partial charge in [0, 0.05) is 22.5 Å². The summed E-state index contributed by atoms with van der Waals surface area (Å²) in [7, 11) is 0. The average molecular weight is 307 g/mol. The third-order valence-corrected chi connectivity index (χ3v) is 4.44.